The summed E-state index contributed by atoms with van der Waals surface area (Å²) in [7, 11) is -3.36. The lowest BCUT2D eigenvalue weighted by atomic mass is 9.41. The zero-order valence-electron chi connectivity index (χ0n) is 21.5. The van der Waals surface area contributed by atoms with Gasteiger partial charge in [0.25, 0.3) is 10.1 Å². The number of hydrogen-bond donors (Lipinski definition) is 2. The molecule has 11 atom stereocenters. The number of rotatable bonds is 7. The van der Waals surface area contributed by atoms with Crippen LogP contribution in [-0.4, -0.2) is 43.7 Å². The van der Waals surface area contributed by atoms with Gasteiger partial charge in [0.05, 0.1) is 25.1 Å². The summed E-state index contributed by atoms with van der Waals surface area (Å²) in [6.45, 7) is 9.85. The molecule has 4 aliphatic carbocycles. The second-order valence-corrected chi connectivity index (χ2v) is 14.4. The molecule has 0 radical (unpaired) electrons. The molecule has 33 heavy (non-hydrogen) atoms. The molecule has 4 rings (SSSR count). The topological polar surface area (TPSA) is 83.8 Å². The Morgan fingerprint density at radius 1 is 1.00 bits per heavy atom. The summed E-state index contributed by atoms with van der Waals surface area (Å²) in [6, 6.07) is 0. The molecule has 0 bridgehead atoms. The fraction of sp³-hybridized carbons (Fsp3) is 1.00. The molecule has 0 saturated heterocycles. The van der Waals surface area contributed by atoms with E-state index < -0.39 is 10.1 Å². The van der Waals surface area contributed by atoms with Crippen molar-refractivity contribution >= 4 is 10.1 Å². The Labute approximate surface area is 202 Å². The Kier molecular flexibility index (Phi) is 7.35. The predicted molar refractivity (Wildman–Crippen MR) is 131 cm³/mol. The number of aliphatic hydroxyl groups excluding tert-OH is 2. The number of aliphatic hydroxyl groups is 2. The SMILES string of the molecule is CC[C@@H]1C2C[C@H](O)CC[C@]2(C)[C@H]2CCC3(C)[C@@H]([C@H](C)CCCOS(C)(=O)=O)CC[C@H]3C2[C@@H]1O. The monoisotopic (exact) mass is 484 g/mol. The summed E-state index contributed by atoms with van der Waals surface area (Å²) < 4.78 is 27.5. The van der Waals surface area contributed by atoms with Crippen molar-refractivity contribution in [2.24, 2.45) is 52.3 Å². The first-order valence-electron chi connectivity index (χ1n) is 13.6. The van der Waals surface area contributed by atoms with Gasteiger partial charge in [-0.25, -0.2) is 0 Å². The van der Waals surface area contributed by atoms with Gasteiger partial charge in [-0.1, -0.05) is 34.1 Å². The van der Waals surface area contributed by atoms with Gasteiger partial charge in [-0.2, -0.15) is 8.42 Å². The molecule has 4 aliphatic rings. The van der Waals surface area contributed by atoms with Crippen LogP contribution in [0.5, 0.6) is 0 Å². The normalized spacial score (nSPS) is 48.6. The highest BCUT2D eigenvalue weighted by molar-refractivity contribution is 7.85. The third kappa shape index (κ3) is 4.56. The summed E-state index contributed by atoms with van der Waals surface area (Å²) in [5.74, 6) is 3.45. The van der Waals surface area contributed by atoms with Gasteiger partial charge in [-0.15, -0.1) is 0 Å². The van der Waals surface area contributed by atoms with E-state index in [1.165, 1.54) is 25.7 Å². The van der Waals surface area contributed by atoms with Crippen LogP contribution in [0, 0.1) is 52.3 Å². The molecule has 0 aromatic rings. The maximum Gasteiger partial charge on any atom is 0.264 e. The number of fused-ring (bicyclic) bond motifs is 5. The van der Waals surface area contributed by atoms with E-state index in [0.29, 0.717) is 41.4 Å². The van der Waals surface area contributed by atoms with Gasteiger partial charge in [-0.05, 0) is 110 Å². The highest BCUT2D eigenvalue weighted by Gasteiger charge is 2.64. The molecule has 0 aromatic heterocycles. The van der Waals surface area contributed by atoms with Gasteiger partial charge in [-0.3, -0.25) is 4.18 Å². The Morgan fingerprint density at radius 2 is 1.67 bits per heavy atom. The summed E-state index contributed by atoms with van der Waals surface area (Å²) in [5.41, 5.74) is 0.507. The third-order valence-corrected chi connectivity index (χ3v) is 11.8. The van der Waals surface area contributed by atoms with E-state index >= 15 is 0 Å². The van der Waals surface area contributed by atoms with Crippen molar-refractivity contribution in [3.63, 3.8) is 0 Å². The molecule has 2 N–H and O–H groups in total. The van der Waals surface area contributed by atoms with Crippen molar-refractivity contribution in [2.75, 3.05) is 12.9 Å². The molecule has 0 spiro atoms. The summed E-state index contributed by atoms with van der Waals surface area (Å²) in [5, 5.41) is 22.2. The standard InChI is InChI=1S/C27H48O5S/c1-6-19-23-16-18(28)11-13-27(23,4)22-12-14-26(3)20(9-10-21(26)24(22)25(19)29)17(2)8-7-15-32-33(5,30)31/h17-25,28-29H,6-16H2,1-5H3/t17-,18-,19-,20-,21+,22+,23?,24?,25-,26?,27-/m1/s1. The highest BCUT2D eigenvalue weighted by atomic mass is 32.2. The maximum absolute atomic E-state index is 11.8. The lowest BCUT2D eigenvalue weighted by Gasteiger charge is -2.64. The smallest absolute Gasteiger partial charge is 0.264 e. The molecule has 0 aromatic carbocycles. The molecular weight excluding hydrogens is 436 g/mol. The Hall–Kier alpha value is -0.170. The van der Waals surface area contributed by atoms with Gasteiger partial charge in [0, 0.05) is 0 Å². The van der Waals surface area contributed by atoms with Gasteiger partial charge in [0.15, 0.2) is 0 Å². The van der Waals surface area contributed by atoms with Gasteiger partial charge in [0.1, 0.15) is 0 Å². The molecule has 6 heteroatoms. The first-order chi connectivity index (χ1) is 15.4. The predicted octanol–water partition coefficient (Wildman–Crippen LogP) is 5.01. The molecule has 0 heterocycles. The van der Waals surface area contributed by atoms with E-state index in [1.807, 2.05) is 0 Å². The van der Waals surface area contributed by atoms with Crippen molar-refractivity contribution in [3.05, 3.63) is 0 Å². The minimum atomic E-state index is -3.36. The van der Waals surface area contributed by atoms with Crippen molar-refractivity contribution in [1.82, 2.24) is 0 Å². The van der Waals surface area contributed by atoms with Crippen LogP contribution in [0.25, 0.3) is 0 Å². The zero-order chi connectivity index (χ0) is 24.2. The number of hydrogen-bond acceptors (Lipinski definition) is 5. The largest absolute Gasteiger partial charge is 0.393 e. The van der Waals surface area contributed by atoms with E-state index in [0.717, 1.165) is 44.8 Å². The summed E-state index contributed by atoms with van der Waals surface area (Å²) in [4.78, 5) is 0. The summed E-state index contributed by atoms with van der Waals surface area (Å²) >= 11 is 0. The minimum absolute atomic E-state index is 0.196. The average Bonchev–Trinajstić information content (AvgIpc) is 3.09. The van der Waals surface area contributed by atoms with Crippen LogP contribution in [0.1, 0.15) is 91.9 Å². The van der Waals surface area contributed by atoms with E-state index in [-0.39, 0.29) is 29.6 Å². The van der Waals surface area contributed by atoms with Crippen LogP contribution in [-0.2, 0) is 14.3 Å². The maximum atomic E-state index is 11.8. The first-order valence-corrected chi connectivity index (χ1v) is 15.4. The van der Waals surface area contributed by atoms with E-state index in [1.54, 1.807) is 0 Å². The lowest BCUT2D eigenvalue weighted by Crippen LogP contribution is -2.62. The molecule has 5 nitrogen and oxygen atoms in total. The quantitative estimate of drug-likeness (QED) is 0.392. The first kappa shape index (κ1) is 25.9. The Bertz CT molecular complexity index is 798. The van der Waals surface area contributed by atoms with Crippen LogP contribution in [0.2, 0.25) is 0 Å². The van der Waals surface area contributed by atoms with Crippen molar-refractivity contribution < 1.29 is 22.8 Å². The fourth-order valence-corrected chi connectivity index (χ4v) is 10.2. The molecule has 4 saturated carbocycles. The van der Waals surface area contributed by atoms with Crippen LogP contribution >= 0.6 is 0 Å². The van der Waals surface area contributed by atoms with Crippen molar-refractivity contribution in [1.29, 1.82) is 0 Å². The van der Waals surface area contributed by atoms with E-state index in [4.69, 9.17) is 4.18 Å². The molecular formula is C27H48O5S. The van der Waals surface area contributed by atoms with Crippen LogP contribution in [0.3, 0.4) is 0 Å². The van der Waals surface area contributed by atoms with Gasteiger partial charge in [0.2, 0.25) is 0 Å². The molecule has 0 aliphatic heterocycles. The minimum Gasteiger partial charge on any atom is -0.393 e. The van der Waals surface area contributed by atoms with Gasteiger partial charge >= 0.3 is 0 Å². The second-order valence-electron chi connectivity index (χ2n) is 12.8. The van der Waals surface area contributed by atoms with Gasteiger partial charge < -0.3 is 10.2 Å². The fourth-order valence-electron chi connectivity index (χ4n) is 9.75. The lowest BCUT2D eigenvalue weighted by molar-refractivity contribution is -0.203. The third-order valence-electron chi connectivity index (χ3n) is 11.3. The molecule has 192 valence electrons. The Balaban J connectivity index is 1.51. The van der Waals surface area contributed by atoms with Crippen LogP contribution in [0.4, 0.5) is 0 Å². The van der Waals surface area contributed by atoms with E-state index in [9.17, 15) is 18.6 Å². The second kappa shape index (κ2) is 9.37. The van der Waals surface area contributed by atoms with Crippen molar-refractivity contribution in [3.8, 4) is 0 Å². The average molecular weight is 485 g/mol. The van der Waals surface area contributed by atoms with Crippen molar-refractivity contribution in [2.45, 2.75) is 104 Å². The molecule has 3 unspecified atom stereocenters. The highest BCUT2D eigenvalue weighted by Crippen LogP contribution is 2.69. The van der Waals surface area contributed by atoms with Crippen LogP contribution in [0.15, 0.2) is 0 Å². The van der Waals surface area contributed by atoms with E-state index in [2.05, 4.69) is 27.7 Å². The zero-order valence-corrected chi connectivity index (χ0v) is 22.3. The van der Waals surface area contributed by atoms with Crippen LogP contribution < -0.4 is 0 Å². The molecule has 0 amide bonds. The Morgan fingerprint density at radius 3 is 2.33 bits per heavy atom. The summed E-state index contributed by atoms with van der Waals surface area (Å²) in [6.07, 6.45) is 11.2. The molecule has 4 fully saturated rings.